The van der Waals surface area contributed by atoms with Gasteiger partial charge in [0.25, 0.3) is 0 Å². The topological polar surface area (TPSA) is 60.7 Å². The number of allylic oxidation sites excluding steroid dienone is 3. The average Bonchev–Trinajstić information content (AvgIpc) is 3.21. The van der Waals surface area contributed by atoms with E-state index < -0.39 is 35.1 Å². The van der Waals surface area contributed by atoms with E-state index in [1.807, 2.05) is 6.92 Å². The van der Waals surface area contributed by atoms with Gasteiger partial charge in [0.2, 0.25) is 0 Å². The highest BCUT2D eigenvalue weighted by atomic mass is 19.4. The SMILES string of the molecule is C=C1/C(=C\C=C2/CCC[C@@]3(C)C2CCC3[C@@](C)(CC#CC(O)(C(F)(F)F)C(F)(F)F)CCCC(C)(C)O)CCC[C@@H]1O. The maximum Gasteiger partial charge on any atom is 0.438 e. The molecule has 0 aromatic heterocycles. The first-order valence-electron chi connectivity index (χ1n) is 15.0. The molecule has 3 rings (SSSR count). The monoisotopic (exact) mass is 604 g/mol. The van der Waals surface area contributed by atoms with Gasteiger partial charge in [-0.3, -0.25) is 0 Å². The van der Waals surface area contributed by atoms with E-state index in [0.29, 0.717) is 25.7 Å². The van der Waals surface area contributed by atoms with Crippen molar-refractivity contribution in [3.8, 4) is 11.8 Å². The normalized spacial score (nSPS) is 31.1. The second kappa shape index (κ2) is 12.3. The Kier molecular flexibility index (Phi) is 10.2. The lowest BCUT2D eigenvalue weighted by atomic mass is 9.55. The molecule has 0 aromatic carbocycles. The van der Waals surface area contributed by atoms with E-state index in [0.717, 1.165) is 56.1 Å². The molecule has 0 radical (unpaired) electrons. The summed E-state index contributed by atoms with van der Waals surface area (Å²) in [5.74, 6) is 3.50. The zero-order valence-corrected chi connectivity index (χ0v) is 25.2. The predicted octanol–water partition coefficient (Wildman–Crippen LogP) is 8.35. The van der Waals surface area contributed by atoms with Gasteiger partial charge in [-0.15, -0.1) is 0 Å². The summed E-state index contributed by atoms with van der Waals surface area (Å²) in [7, 11) is 0. The van der Waals surface area contributed by atoms with Gasteiger partial charge in [0.05, 0.1) is 11.7 Å². The third kappa shape index (κ3) is 7.30. The van der Waals surface area contributed by atoms with E-state index in [2.05, 4.69) is 31.6 Å². The number of hydrogen-bond acceptors (Lipinski definition) is 3. The molecule has 3 aliphatic carbocycles. The molecule has 5 atom stereocenters. The van der Waals surface area contributed by atoms with Gasteiger partial charge >= 0.3 is 18.0 Å². The second-order valence-electron chi connectivity index (χ2n) is 13.9. The molecule has 238 valence electrons. The van der Waals surface area contributed by atoms with Crippen LogP contribution in [-0.4, -0.2) is 45.0 Å². The van der Waals surface area contributed by atoms with Gasteiger partial charge in [-0.05, 0) is 118 Å². The van der Waals surface area contributed by atoms with Gasteiger partial charge < -0.3 is 15.3 Å². The van der Waals surface area contributed by atoms with Crippen LogP contribution in [0, 0.1) is 34.5 Å². The minimum atomic E-state index is -5.99. The molecular weight excluding hydrogens is 558 g/mol. The highest BCUT2D eigenvalue weighted by molar-refractivity contribution is 5.38. The smallest absolute Gasteiger partial charge is 0.390 e. The zero-order chi connectivity index (χ0) is 31.8. The lowest BCUT2D eigenvalue weighted by Gasteiger charge is -2.49. The van der Waals surface area contributed by atoms with Gasteiger partial charge in [-0.2, -0.15) is 26.3 Å². The van der Waals surface area contributed by atoms with Crippen LogP contribution >= 0.6 is 0 Å². The summed E-state index contributed by atoms with van der Waals surface area (Å²) >= 11 is 0. The van der Waals surface area contributed by atoms with Crippen molar-refractivity contribution in [2.24, 2.45) is 22.7 Å². The van der Waals surface area contributed by atoms with Gasteiger partial charge in [0.15, 0.2) is 0 Å². The largest absolute Gasteiger partial charge is 0.438 e. The Hall–Kier alpha value is -1.76. The van der Waals surface area contributed by atoms with E-state index >= 15 is 0 Å². The zero-order valence-electron chi connectivity index (χ0n) is 25.2. The summed E-state index contributed by atoms with van der Waals surface area (Å²) in [6.45, 7) is 11.4. The molecule has 3 aliphatic rings. The van der Waals surface area contributed by atoms with Crippen LogP contribution in [0.5, 0.6) is 0 Å². The molecule has 0 saturated heterocycles. The number of fused-ring (bicyclic) bond motifs is 1. The Morgan fingerprint density at radius 1 is 0.929 bits per heavy atom. The van der Waals surface area contributed by atoms with Crippen molar-refractivity contribution in [3.05, 3.63) is 35.5 Å². The molecule has 0 heterocycles. The number of aliphatic hydroxyl groups is 3. The Labute approximate surface area is 246 Å². The number of hydrogen-bond donors (Lipinski definition) is 3. The van der Waals surface area contributed by atoms with Gasteiger partial charge in [0.1, 0.15) is 0 Å². The molecule has 0 spiro atoms. The highest BCUT2D eigenvalue weighted by Gasteiger charge is 2.70. The second-order valence-corrected chi connectivity index (χ2v) is 13.9. The third-order valence-electron chi connectivity index (χ3n) is 10.2. The molecule has 3 N–H and O–H groups in total. The fraction of sp³-hybridized carbons (Fsp3) is 0.758. The van der Waals surface area contributed by atoms with Crippen LogP contribution in [0.15, 0.2) is 35.5 Å². The summed E-state index contributed by atoms with van der Waals surface area (Å²) in [4.78, 5) is 0. The molecule has 3 nitrogen and oxygen atoms in total. The molecule has 3 saturated carbocycles. The average molecular weight is 605 g/mol. The lowest BCUT2D eigenvalue weighted by molar-refractivity contribution is -0.343. The first-order valence-corrected chi connectivity index (χ1v) is 15.0. The standard InChI is InChI=1S/C33H46F6O3/c1-22-23(10-6-12-26(22)40)13-14-24-11-7-20-30(5)25(24)15-16-27(30)29(4,18-8-17-28(2,3)41)19-9-21-31(42,32(34,35)36)33(37,38)39/h13-14,25-27,40-42H,1,6-8,10-12,15-20H2,2-5H3/b23-13-,24-14+/t25?,26-,27?,29+,30-/m0/s1. The summed E-state index contributed by atoms with van der Waals surface area (Å²) in [6.07, 6.45) is -0.381. The highest BCUT2D eigenvalue weighted by Crippen LogP contribution is 2.63. The minimum Gasteiger partial charge on any atom is -0.390 e. The Bertz CT molecular complexity index is 1100. The predicted molar refractivity (Wildman–Crippen MR) is 151 cm³/mol. The summed E-state index contributed by atoms with van der Waals surface area (Å²) in [5.41, 5.74) is -3.97. The van der Waals surface area contributed by atoms with Gasteiger partial charge in [0, 0.05) is 6.42 Å². The molecule has 0 aromatic rings. The van der Waals surface area contributed by atoms with Crippen LogP contribution in [0.1, 0.15) is 105 Å². The van der Waals surface area contributed by atoms with Crippen molar-refractivity contribution in [2.45, 2.75) is 134 Å². The molecule has 0 bridgehead atoms. The van der Waals surface area contributed by atoms with Crippen molar-refractivity contribution < 1.29 is 41.7 Å². The maximum absolute atomic E-state index is 13.3. The summed E-state index contributed by atoms with van der Waals surface area (Å²) < 4.78 is 79.8. The van der Waals surface area contributed by atoms with Crippen LogP contribution in [0.3, 0.4) is 0 Å². The molecule has 42 heavy (non-hydrogen) atoms. The third-order valence-corrected chi connectivity index (χ3v) is 10.2. The van der Waals surface area contributed by atoms with E-state index in [4.69, 9.17) is 0 Å². The van der Waals surface area contributed by atoms with Gasteiger partial charge in [-0.1, -0.05) is 50.5 Å². The lowest BCUT2D eigenvalue weighted by Crippen LogP contribution is -2.55. The van der Waals surface area contributed by atoms with Crippen molar-refractivity contribution in [2.75, 3.05) is 0 Å². The van der Waals surface area contributed by atoms with Crippen LogP contribution in [0.4, 0.5) is 26.3 Å². The van der Waals surface area contributed by atoms with Crippen molar-refractivity contribution in [3.63, 3.8) is 0 Å². The summed E-state index contributed by atoms with van der Waals surface area (Å²) in [6, 6.07) is 0. The van der Waals surface area contributed by atoms with Crippen LogP contribution in [0.25, 0.3) is 0 Å². The number of rotatable bonds is 7. The fourth-order valence-electron chi connectivity index (χ4n) is 7.80. The minimum absolute atomic E-state index is 0.0289. The Balaban J connectivity index is 1.95. The molecule has 0 aliphatic heterocycles. The maximum atomic E-state index is 13.3. The fourth-order valence-corrected chi connectivity index (χ4v) is 7.80. The quantitative estimate of drug-likeness (QED) is 0.202. The van der Waals surface area contributed by atoms with Gasteiger partial charge in [-0.25, -0.2) is 0 Å². The molecule has 0 amide bonds. The first-order chi connectivity index (χ1) is 19.1. The van der Waals surface area contributed by atoms with Crippen molar-refractivity contribution in [1.29, 1.82) is 0 Å². The van der Waals surface area contributed by atoms with Crippen LogP contribution < -0.4 is 0 Å². The Morgan fingerprint density at radius 3 is 2.17 bits per heavy atom. The molecule has 2 unspecified atom stereocenters. The molecule has 3 fully saturated rings. The molecular formula is C33H46F6O3. The molecule has 9 heteroatoms. The number of aliphatic hydroxyl groups excluding tert-OH is 1. The van der Waals surface area contributed by atoms with Crippen molar-refractivity contribution >= 4 is 0 Å². The van der Waals surface area contributed by atoms with Crippen LogP contribution in [-0.2, 0) is 0 Å². The van der Waals surface area contributed by atoms with E-state index in [9.17, 15) is 41.7 Å². The Morgan fingerprint density at radius 2 is 1.57 bits per heavy atom. The number of alkyl halides is 6. The van der Waals surface area contributed by atoms with E-state index in [1.54, 1.807) is 13.8 Å². The van der Waals surface area contributed by atoms with E-state index in [-0.39, 0.29) is 23.7 Å². The number of halogens is 6. The van der Waals surface area contributed by atoms with E-state index in [1.165, 1.54) is 11.5 Å². The van der Waals surface area contributed by atoms with Crippen LogP contribution in [0.2, 0.25) is 0 Å². The van der Waals surface area contributed by atoms with Crippen molar-refractivity contribution in [1.82, 2.24) is 0 Å². The first kappa shape index (κ1) is 34.7. The summed E-state index contributed by atoms with van der Waals surface area (Å²) in [5, 5.41) is 30.1.